The smallest absolute Gasteiger partial charge is 0.265 e. The van der Waals surface area contributed by atoms with E-state index in [4.69, 9.17) is 11.6 Å². The fourth-order valence-corrected chi connectivity index (χ4v) is 4.08. The average Bonchev–Trinajstić information content (AvgIpc) is 2.98. The summed E-state index contributed by atoms with van der Waals surface area (Å²) < 4.78 is 13.7. The summed E-state index contributed by atoms with van der Waals surface area (Å²) in [6.07, 6.45) is 0. The molecule has 0 aliphatic carbocycles. The molecule has 1 aliphatic rings. The number of piperazine rings is 1. The second-order valence-electron chi connectivity index (χ2n) is 6.48. The van der Waals surface area contributed by atoms with E-state index in [1.54, 1.807) is 6.07 Å². The van der Waals surface area contributed by atoms with Crippen molar-refractivity contribution in [2.24, 2.45) is 0 Å². The van der Waals surface area contributed by atoms with Gasteiger partial charge in [-0.2, -0.15) is 0 Å². The van der Waals surface area contributed by atoms with Gasteiger partial charge in [-0.05, 0) is 32.9 Å². The molecule has 0 spiro atoms. The Morgan fingerprint density at radius 2 is 1.96 bits per heavy atom. The summed E-state index contributed by atoms with van der Waals surface area (Å²) >= 11 is 7.04. The van der Waals surface area contributed by atoms with Crippen LogP contribution in [0.2, 0.25) is 5.02 Å². The number of hydrogen-bond acceptors (Lipinski definition) is 4. The minimum atomic E-state index is -0.482. The molecule has 2 heterocycles. The fourth-order valence-electron chi connectivity index (χ4n) is 2.93. The molecule has 0 unspecified atom stereocenters. The summed E-state index contributed by atoms with van der Waals surface area (Å²) in [5, 5.41) is 0.716. The van der Waals surface area contributed by atoms with Gasteiger partial charge in [-0.25, -0.2) is 9.37 Å². The largest absolute Gasteiger partial charge is 0.335 e. The van der Waals surface area contributed by atoms with Crippen molar-refractivity contribution < 1.29 is 9.18 Å². The van der Waals surface area contributed by atoms with Crippen molar-refractivity contribution in [1.82, 2.24) is 14.8 Å². The number of aromatic nitrogens is 1. The van der Waals surface area contributed by atoms with E-state index in [1.165, 1.54) is 23.5 Å². The molecule has 1 aliphatic heterocycles. The molecule has 134 valence electrons. The van der Waals surface area contributed by atoms with Crippen LogP contribution in [0, 0.1) is 12.7 Å². The number of nitrogens with zero attached hydrogens (tertiary/aromatic N) is 3. The van der Waals surface area contributed by atoms with E-state index in [9.17, 15) is 9.18 Å². The standard InChI is InChI=1S/C18H21ClFN3OS/c1-11(2)22-6-8-23(9-7-22)18(24)16-12(3)21-17(25-16)13-4-5-14(19)15(20)10-13/h4-5,10-11H,6-9H2,1-3H3. The lowest BCUT2D eigenvalue weighted by Crippen LogP contribution is -2.50. The van der Waals surface area contributed by atoms with Gasteiger partial charge in [-0.15, -0.1) is 11.3 Å². The third-order valence-electron chi connectivity index (χ3n) is 4.49. The molecule has 25 heavy (non-hydrogen) atoms. The minimum absolute atomic E-state index is 0.0130. The predicted octanol–water partition coefficient (Wildman–Crippen LogP) is 4.08. The summed E-state index contributed by atoms with van der Waals surface area (Å²) in [7, 11) is 0. The van der Waals surface area contributed by atoms with Crippen LogP contribution in [0.1, 0.15) is 29.2 Å². The summed E-state index contributed by atoms with van der Waals surface area (Å²) in [5.74, 6) is -0.469. The number of rotatable bonds is 3. The average molecular weight is 382 g/mol. The monoisotopic (exact) mass is 381 g/mol. The quantitative estimate of drug-likeness (QED) is 0.803. The summed E-state index contributed by atoms with van der Waals surface area (Å²) in [4.78, 5) is 22.2. The Kier molecular flexibility index (Phi) is 5.41. The zero-order valence-corrected chi connectivity index (χ0v) is 16.1. The van der Waals surface area contributed by atoms with E-state index >= 15 is 0 Å². The zero-order valence-electron chi connectivity index (χ0n) is 14.6. The molecular weight excluding hydrogens is 361 g/mol. The molecule has 1 saturated heterocycles. The number of thiazole rings is 1. The molecule has 1 aromatic heterocycles. The normalized spacial score (nSPS) is 15.8. The van der Waals surface area contributed by atoms with Crippen LogP contribution >= 0.6 is 22.9 Å². The molecule has 1 fully saturated rings. The highest BCUT2D eigenvalue weighted by atomic mass is 35.5. The van der Waals surface area contributed by atoms with Crippen molar-refractivity contribution >= 4 is 28.8 Å². The maximum absolute atomic E-state index is 13.7. The Balaban J connectivity index is 1.78. The van der Waals surface area contributed by atoms with Crippen LogP contribution in [-0.4, -0.2) is 52.9 Å². The van der Waals surface area contributed by atoms with Gasteiger partial charge < -0.3 is 4.90 Å². The van der Waals surface area contributed by atoms with E-state index in [1.807, 2.05) is 11.8 Å². The zero-order chi connectivity index (χ0) is 18.1. The van der Waals surface area contributed by atoms with Gasteiger partial charge in [0.15, 0.2) is 0 Å². The van der Waals surface area contributed by atoms with Crippen molar-refractivity contribution in [3.63, 3.8) is 0 Å². The molecule has 1 amide bonds. The highest BCUT2D eigenvalue weighted by molar-refractivity contribution is 7.17. The van der Waals surface area contributed by atoms with Crippen molar-refractivity contribution in [3.8, 4) is 10.6 Å². The Morgan fingerprint density at radius 3 is 2.56 bits per heavy atom. The van der Waals surface area contributed by atoms with E-state index in [-0.39, 0.29) is 10.9 Å². The molecule has 7 heteroatoms. The number of amides is 1. The van der Waals surface area contributed by atoms with Crippen molar-refractivity contribution in [2.45, 2.75) is 26.8 Å². The molecular formula is C18H21ClFN3OS. The van der Waals surface area contributed by atoms with Crippen LogP contribution in [-0.2, 0) is 0 Å². The third kappa shape index (κ3) is 3.86. The van der Waals surface area contributed by atoms with Gasteiger partial charge in [0.1, 0.15) is 15.7 Å². The lowest BCUT2D eigenvalue weighted by molar-refractivity contribution is 0.0599. The summed E-state index contributed by atoms with van der Waals surface area (Å²) in [5.41, 5.74) is 1.32. The van der Waals surface area contributed by atoms with Crippen LogP contribution in [0.5, 0.6) is 0 Å². The van der Waals surface area contributed by atoms with E-state index in [2.05, 4.69) is 23.7 Å². The fraction of sp³-hybridized carbons (Fsp3) is 0.444. The maximum atomic E-state index is 13.7. The van der Waals surface area contributed by atoms with Crippen LogP contribution in [0.4, 0.5) is 4.39 Å². The molecule has 3 rings (SSSR count). The number of hydrogen-bond donors (Lipinski definition) is 0. The molecule has 0 radical (unpaired) electrons. The minimum Gasteiger partial charge on any atom is -0.335 e. The van der Waals surface area contributed by atoms with Gasteiger partial charge in [0.2, 0.25) is 0 Å². The first-order valence-electron chi connectivity index (χ1n) is 8.33. The SMILES string of the molecule is Cc1nc(-c2ccc(Cl)c(F)c2)sc1C(=O)N1CCN(C(C)C)CC1. The second-order valence-corrected chi connectivity index (χ2v) is 7.89. The lowest BCUT2D eigenvalue weighted by Gasteiger charge is -2.36. The van der Waals surface area contributed by atoms with Gasteiger partial charge in [0.05, 0.1) is 10.7 Å². The highest BCUT2D eigenvalue weighted by Gasteiger charge is 2.26. The van der Waals surface area contributed by atoms with Crippen LogP contribution in [0.3, 0.4) is 0 Å². The number of benzene rings is 1. The van der Waals surface area contributed by atoms with Gasteiger partial charge in [0.25, 0.3) is 5.91 Å². The maximum Gasteiger partial charge on any atom is 0.265 e. The van der Waals surface area contributed by atoms with Crippen molar-refractivity contribution in [2.75, 3.05) is 26.2 Å². The molecule has 2 aromatic rings. The number of carbonyl (C=O) groups is 1. The third-order valence-corrected chi connectivity index (χ3v) is 5.99. The first-order chi connectivity index (χ1) is 11.9. The summed E-state index contributed by atoms with van der Waals surface area (Å²) in [6, 6.07) is 5.08. The molecule has 4 nitrogen and oxygen atoms in total. The Bertz CT molecular complexity index is 785. The van der Waals surface area contributed by atoms with Gasteiger partial charge in [-0.3, -0.25) is 9.69 Å². The second kappa shape index (κ2) is 7.40. The number of carbonyl (C=O) groups excluding carboxylic acids is 1. The van der Waals surface area contributed by atoms with E-state index < -0.39 is 5.82 Å². The summed E-state index contributed by atoms with van der Waals surface area (Å²) in [6.45, 7) is 9.38. The Morgan fingerprint density at radius 1 is 1.28 bits per heavy atom. The van der Waals surface area contributed by atoms with Gasteiger partial charge in [-0.1, -0.05) is 17.7 Å². The first-order valence-corrected chi connectivity index (χ1v) is 9.52. The molecule has 0 saturated carbocycles. The molecule has 1 aromatic carbocycles. The predicted molar refractivity (Wildman–Crippen MR) is 99.9 cm³/mol. The van der Waals surface area contributed by atoms with Crippen LogP contribution in [0.25, 0.3) is 10.6 Å². The van der Waals surface area contributed by atoms with Crippen molar-refractivity contribution in [3.05, 3.63) is 39.6 Å². The lowest BCUT2D eigenvalue weighted by atomic mass is 10.2. The highest BCUT2D eigenvalue weighted by Crippen LogP contribution is 2.31. The Labute approximate surface area is 156 Å². The Hall–Kier alpha value is -1.50. The molecule has 0 N–H and O–H groups in total. The van der Waals surface area contributed by atoms with Gasteiger partial charge >= 0.3 is 0 Å². The van der Waals surface area contributed by atoms with Crippen LogP contribution < -0.4 is 0 Å². The number of aryl methyl sites for hydroxylation is 1. The topological polar surface area (TPSA) is 36.4 Å². The van der Waals surface area contributed by atoms with E-state index in [0.29, 0.717) is 27.2 Å². The molecule has 0 atom stereocenters. The first kappa shape index (κ1) is 18.3. The van der Waals surface area contributed by atoms with E-state index in [0.717, 1.165) is 26.2 Å². The van der Waals surface area contributed by atoms with Gasteiger partial charge in [0, 0.05) is 37.8 Å². The molecule has 0 bridgehead atoms. The van der Waals surface area contributed by atoms with Crippen molar-refractivity contribution in [1.29, 1.82) is 0 Å². The van der Waals surface area contributed by atoms with Crippen LogP contribution in [0.15, 0.2) is 18.2 Å². The number of halogens is 2.